The number of nitrogens with zero attached hydrogens (tertiary/aromatic N) is 2. The zero-order chi connectivity index (χ0) is 14.5. The van der Waals surface area contributed by atoms with E-state index < -0.39 is 11.9 Å². The van der Waals surface area contributed by atoms with Crippen LogP contribution in [0.5, 0.6) is 0 Å². The van der Waals surface area contributed by atoms with Crippen molar-refractivity contribution in [1.82, 2.24) is 10.3 Å². The van der Waals surface area contributed by atoms with Crippen molar-refractivity contribution in [2.45, 2.75) is 6.54 Å². The number of hydrogen-bond acceptors (Lipinski definition) is 5. The minimum absolute atomic E-state index is 0.0961. The predicted molar refractivity (Wildman–Crippen MR) is 71.4 cm³/mol. The molecule has 0 atom stereocenters. The molecule has 0 saturated heterocycles. The molecular formula is C13H9N3O3S. The molecular weight excluding hydrogens is 278 g/mol. The Bertz CT molecular complexity index is 703. The van der Waals surface area contributed by atoms with Gasteiger partial charge in [-0.15, -0.1) is 11.3 Å². The number of nitrogens with one attached hydrogen (secondary N) is 1. The Morgan fingerprint density at radius 2 is 2.25 bits per heavy atom. The maximum Gasteiger partial charge on any atom is 0.355 e. The third kappa shape index (κ3) is 3.18. The Morgan fingerprint density at radius 1 is 1.45 bits per heavy atom. The van der Waals surface area contributed by atoms with Crippen LogP contribution in [0.1, 0.15) is 31.4 Å². The first-order chi connectivity index (χ1) is 9.60. The van der Waals surface area contributed by atoms with E-state index in [1.165, 1.54) is 5.38 Å². The van der Waals surface area contributed by atoms with Gasteiger partial charge in [-0.3, -0.25) is 4.79 Å². The Kier molecular flexibility index (Phi) is 4.08. The fourth-order valence-electron chi connectivity index (χ4n) is 1.49. The standard InChI is InChI=1S/C13H9N3O3S/c14-5-8-2-1-3-9(4-8)6-15-11(17)12-16-10(7-20-12)13(18)19/h1-4,7H,6H2,(H,15,17)(H,18,19). The lowest BCUT2D eigenvalue weighted by atomic mass is 10.1. The predicted octanol–water partition coefficient (Wildman–Crippen LogP) is 1.64. The lowest BCUT2D eigenvalue weighted by Gasteiger charge is -2.03. The normalized spacial score (nSPS) is 9.75. The van der Waals surface area contributed by atoms with Crippen LogP contribution in [0.4, 0.5) is 0 Å². The summed E-state index contributed by atoms with van der Waals surface area (Å²) >= 11 is 0.972. The van der Waals surface area contributed by atoms with E-state index in [0.29, 0.717) is 5.56 Å². The number of carbonyl (C=O) groups excluding carboxylic acids is 1. The van der Waals surface area contributed by atoms with Crippen molar-refractivity contribution < 1.29 is 14.7 Å². The molecule has 7 heteroatoms. The number of carboxylic acid groups (broad SMARTS) is 1. The Hall–Kier alpha value is -2.72. The van der Waals surface area contributed by atoms with E-state index in [-0.39, 0.29) is 17.2 Å². The lowest BCUT2D eigenvalue weighted by molar-refractivity contribution is 0.0691. The molecule has 100 valence electrons. The Balaban J connectivity index is 2.01. The van der Waals surface area contributed by atoms with Gasteiger partial charge in [0.25, 0.3) is 5.91 Å². The number of rotatable bonds is 4. The topological polar surface area (TPSA) is 103 Å². The summed E-state index contributed by atoms with van der Waals surface area (Å²) in [6, 6.07) is 8.87. The maximum atomic E-state index is 11.8. The van der Waals surface area contributed by atoms with Gasteiger partial charge in [-0.1, -0.05) is 12.1 Å². The number of aromatic nitrogens is 1. The summed E-state index contributed by atoms with van der Waals surface area (Å²) in [4.78, 5) is 26.2. The molecule has 2 rings (SSSR count). The molecule has 0 unspecified atom stereocenters. The van der Waals surface area contributed by atoms with Crippen LogP contribution >= 0.6 is 11.3 Å². The lowest BCUT2D eigenvalue weighted by Crippen LogP contribution is -2.22. The molecule has 1 heterocycles. The molecule has 6 nitrogen and oxygen atoms in total. The zero-order valence-corrected chi connectivity index (χ0v) is 11.0. The molecule has 1 aromatic heterocycles. The highest BCUT2D eigenvalue weighted by molar-refractivity contribution is 7.11. The monoisotopic (exact) mass is 287 g/mol. The van der Waals surface area contributed by atoms with Gasteiger partial charge in [-0.2, -0.15) is 5.26 Å². The minimum atomic E-state index is -1.16. The number of carboxylic acids is 1. The van der Waals surface area contributed by atoms with Crippen molar-refractivity contribution in [3.8, 4) is 6.07 Å². The minimum Gasteiger partial charge on any atom is -0.476 e. The van der Waals surface area contributed by atoms with Gasteiger partial charge in [-0.25, -0.2) is 9.78 Å². The van der Waals surface area contributed by atoms with Crippen LogP contribution in [0.15, 0.2) is 29.6 Å². The number of nitriles is 1. The molecule has 0 aliphatic heterocycles. The first-order valence-electron chi connectivity index (χ1n) is 5.56. The number of carbonyl (C=O) groups is 2. The summed E-state index contributed by atoms with van der Waals surface area (Å²) in [5.74, 6) is -1.60. The fraction of sp³-hybridized carbons (Fsp3) is 0.0769. The van der Waals surface area contributed by atoms with Crippen molar-refractivity contribution in [3.63, 3.8) is 0 Å². The van der Waals surface area contributed by atoms with Gasteiger partial charge in [0.1, 0.15) is 0 Å². The van der Waals surface area contributed by atoms with Gasteiger partial charge < -0.3 is 10.4 Å². The number of hydrogen-bond donors (Lipinski definition) is 2. The second kappa shape index (κ2) is 5.95. The van der Waals surface area contributed by atoms with Gasteiger partial charge in [0.15, 0.2) is 10.7 Å². The number of thiazole rings is 1. The summed E-state index contributed by atoms with van der Waals surface area (Å²) in [5.41, 5.74) is 1.15. The smallest absolute Gasteiger partial charge is 0.355 e. The van der Waals surface area contributed by atoms with Crippen LogP contribution in [0.2, 0.25) is 0 Å². The molecule has 0 bridgehead atoms. The van der Waals surface area contributed by atoms with E-state index in [1.807, 2.05) is 6.07 Å². The van der Waals surface area contributed by atoms with Gasteiger partial charge in [0.2, 0.25) is 0 Å². The van der Waals surface area contributed by atoms with Gasteiger partial charge in [0.05, 0.1) is 11.6 Å². The summed E-state index contributed by atoms with van der Waals surface area (Å²) < 4.78 is 0. The zero-order valence-electron chi connectivity index (χ0n) is 10.2. The van der Waals surface area contributed by atoms with Crippen LogP contribution < -0.4 is 5.32 Å². The van der Waals surface area contributed by atoms with Crippen LogP contribution in [0, 0.1) is 11.3 Å². The Morgan fingerprint density at radius 3 is 2.90 bits per heavy atom. The maximum absolute atomic E-state index is 11.8. The van der Waals surface area contributed by atoms with E-state index >= 15 is 0 Å². The molecule has 0 aliphatic carbocycles. The van der Waals surface area contributed by atoms with Gasteiger partial charge >= 0.3 is 5.97 Å². The summed E-state index contributed by atoms with van der Waals surface area (Å²) in [6.45, 7) is 0.246. The highest BCUT2D eigenvalue weighted by Gasteiger charge is 2.14. The van der Waals surface area contributed by atoms with E-state index in [2.05, 4.69) is 10.3 Å². The largest absolute Gasteiger partial charge is 0.476 e. The summed E-state index contributed by atoms with van der Waals surface area (Å²) in [5, 5.41) is 21.5. The highest BCUT2D eigenvalue weighted by Crippen LogP contribution is 2.10. The van der Waals surface area contributed by atoms with Crippen molar-refractivity contribution in [1.29, 1.82) is 5.26 Å². The van der Waals surface area contributed by atoms with Crippen LogP contribution in [-0.2, 0) is 6.54 Å². The molecule has 20 heavy (non-hydrogen) atoms. The first kappa shape index (κ1) is 13.7. The van der Waals surface area contributed by atoms with Crippen LogP contribution in [0.25, 0.3) is 0 Å². The van der Waals surface area contributed by atoms with E-state index in [0.717, 1.165) is 16.9 Å². The summed E-state index contributed by atoms with van der Waals surface area (Å²) in [7, 11) is 0. The molecule has 0 fully saturated rings. The molecule has 0 saturated carbocycles. The fourth-order valence-corrected chi connectivity index (χ4v) is 2.19. The molecule has 2 aromatic rings. The number of amides is 1. The molecule has 0 aliphatic rings. The van der Waals surface area contributed by atoms with Crippen molar-refractivity contribution in [2.75, 3.05) is 0 Å². The van der Waals surface area contributed by atoms with E-state index in [9.17, 15) is 9.59 Å². The van der Waals surface area contributed by atoms with Gasteiger partial charge in [-0.05, 0) is 17.7 Å². The average Bonchev–Trinajstić information content (AvgIpc) is 2.95. The summed E-state index contributed by atoms with van der Waals surface area (Å²) in [6.07, 6.45) is 0. The van der Waals surface area contributed by atoms with Gasteiger partial charge in [0, 0.05) is 11.9 Å². The quantitative estimate of drug-likeness (QED) is 0.889. The molecule has 1 amide bonds. The van der Waals surface area contributed by atoms with Crippen LogP contribution in [0.3, 0.4) is 0 Å². The number of aromatic carboxylic acids is 1. The van der Waals surface area contributed by atoms with Crippen LogP contribution in [-0.4, -0.2) is 22.0 Å². The Labute approximate surface area is 118 Å². The van der Waals surface area contributed by atoms with Crippen molar-refractivity contribution >= 4 is 23.2 Å². The van der Waals surface area contributed by atoms with E-state index in [4.69, 9.17) is 10.4 Å². The van der Waals surface area contributed by atoms with Crippen molar-refractivity contribution in [3.05, 3.63) is 51.5 Å². The molecule has 0 radical (unpaired) electrons. The molecule has 2 N–H and O–H groups in total. The third-order valence-electron chi connectivity index (χ3n) is 2.43. The van der Waals surface area contributed by atoms with Crippen molar-refractivity contribution in [2.24, 2.45) is 0 Å². The average molecular weight is 287 g/mol. The molecule has 0 spiro atoms. The number of benzene rings is 1. The molecule has 1 aromatic carbocycles. The first-order valence-corrected chi connectivity index (χ1v) is 6.44. The highest BCUT2D eigenvalue weighted by atomic mass is 32.1. The van der Waals surface area contributed by atoms with E-state index in [1.54, 1.807) is 24.3 Å². The SMILES string of the molecule is N#Cc1cccc(CNC(=O)c2nc(C(=O)O)cs2)c1. The second-order valence-corrected chi connectivity index (χ2v) is 4.70. The second-order valence-electron chi connectivity index (χ2n) is 3.84. The third-order valence-corrected chi connectivity index (χ3v) is 3.27.